The summed E-state index contributed by atoms with van der Waals surface area (Å²) in [6.07, 6.45) is 3.99. The lowest BCUT2D eigenvalue weighted by Crippen LogP contribution is -2.57. The fourth-order valence-corrected chi connectivity index (χ4v) is 8.12. The number of ether oxygens (including phenoxy) is 2. The van der Waals surface area contributed by atoms with E-state index in [2.05, 4.69) is 47.0 Å². The lowest BCUT2D eigenvalue weighted by molar-refractivity contribution is -0.142. The van der Waals surface area contributed by atoms with Gasteiger partial charge in [0.15, 0.2) is 0 Å². The summed E-state index contributed by atoms with van der Waals surface area (Å²) >= 11 is 0. The molecule has 1 saturated carbocycles. The Morgan fingerprint density at radius 2 is 1.56 bits per heavy atom. The average molecular weight is 738 g/mol. The van der Waals surface area contributed by atoms with Gasteiger partial charge < -0.3 is 36.5 Å². The maximum absolute atomic E-state index is 14.2. The van der Waals surface area contributed by atoms with Crippen LogP contribution in [-0.4, -0.2) is 72.6 Å². The third kappa shape index (κ3) is 9.30. The first-order valence-electron chi connectivity index (χ1n) is 19.6. The van der Waals surface area contributed by atoms with Crippen molar-refractivity contribution < 1.29 is 28.7 Å². The SMILES string of the molecule is CCCCC(NC(=O)OCC1c2ccccc2-c2ccccc21)C(=O)N1C[C@H]2C[C@H]2[C@H]1C(=O)NC(CCC(N)=O)C(C)OCc1ccc(CCCN)cc1. The third-order valence-corrected chi connectivity index (χ3v) is 11.3. The summed E-state index contributed by atoms with van der Waals surface area (Å²) in [7, 11) is 0. The molecule has 0 radical (unpaired) electrons. The van der Waals surface area contributed by atoms with Crippen molar-refractivity contribution in [1.82, 2.24) is 15.5 Å². The number of unbranched alkanes of at least 4 members (excludes halogenated alkanes) is 1. The van der Waals surface area contributed by atoms with Crippen LogP contribution in [0.3, 0.4) is 0 Å². The number of primary amides is 1. The smallest absolute Gasteiger partial charge is 0.407 e. The Morgan fingerprint density at radius 1 is 0.889 bits per heavy atom. The van der Waals surface area contributed by atoms with Crippen LogP contribution in [0.1, 0.15) is 87.0 Å². The Balaban J connectivity index is 1.08. The number of nitrogens with two attached hydrogens (primary N) is 2. The highest BCUT2D eigenvalue weighted by Gasteiger charge is 2.57. The number of likely N-dealkylation sites (tertiary alicyclic amines) is 1. The van der Waals surface area contributed by atoms with Crippen LogP contribution >= 0.6 is 0 Å². The predicted octanol–water partition coefficient (Wildman–Crippen LogP) is 5.18. The van der Waals surface area contributed by atoms with E-state index in [1.165, 1.54) is 5.56 Å². The number of fused-ring (bicyclic) bond motifs is 4. The minimum atomic E-state index is -0.831. The molecular formula is C43H55N5O6. The highest BCUT2D eigenvalue weighted by atomic mass is 16.5. The number of piperidine rings is 1. The van der Waals surface area contributed by atoms with Gasteiger partial charge >= 0.3 is 6.09 Å². The standard InChI is InChI=1S/C43H55N5O6/c1-3-4-15-38(47-43(52)54-26-36-33-13-7-5-11-31(33)32-12-6-8-14-34(32)36)42(51)48-24-30-23-35(30)40(48)41(50)46-37(20-21-39(45)49)27(2)53-25-29-18-16-28(17-19-29)10-9-22-44/h5-8,11-14,16-19,27,30,35-38,40H,3-4,9-10,15,20-26,44H2,1-2H3,(H2,45,49)(H,46,50)(H,47,52)/t27?,30-,35-,37?,38?,40+/m1/s1. The second kappa shape index (κ2) is 18.1. The Hall–Kier alpha value is -4.74. The molecule has 4 amide bonds. The van der Waals surface area contributed by atoms with Crippen LogP contribution in [0.25, 0.3) is 11.1 Å². The lowest BCUT2D eigenvalue weighted by Gasteiger charge is -2.33. The van der Waals surface area contributed by atoms with Gasteiger partial charge in [-0.1, -0.05) is 92.6 Å². The highest BCUT2D eigenvalue weighted by molar-refractivity contribution is 5.93. The fourth-order valence-electron chi connectivity index (χ4n) is 8.12. The van der Waals surface area contributed by atoms with Gasteiger partial charge in [-0.25, -0.2) is 4.79 Å². The molecule has 2 fully saturated rings. The van der Waals surface area contributed by atoms with Crippen molar-refractivity contribution in [2.45, 2.75) is 102 Å². The van der Waals surface area contributed by atoms with Crippen molar-refractivity contribution in [2.75, 3.05) is 19.7 Å². The number of hydrogen-bond donors (Lipinski definition) is 4. The largest absolute Gasteiger partial charge is 0.449 e. The predicted molar refractivity (Wildman–Crippen MR) is 207 cm³/mol. The summed E-state index contributed by atoms with van der Waals surface area (Å²) in [4.78, 5) is 55.1. The number of aryl methyl sites for hydroxylation is 1. The number of nitrogens with one attached hydrogen (secondary N) is 2. The topological polar surface area (TPSA) is 166 Å². The van der Waals surface area contributed by atoms with E-state index in [4.69, 9.17) is 20.9 Å². The Kier molecular flexibility index (Phi) is 13.0. The number of carbonyl (C=O) groups excluding carboxylic acids is 4. The van der Waals surface area contributed by atoms with E-state index in [0.717, 1.165) is 59.9 Å². The monoisotopic (exact) mass is 737 g/mol. The van der Waals surface area contributed by atoms with E-state index in [0.29, 0.717) is 32.5 Å². The molecule has 3 unspecified atom stereocenters. The summed E-state index contributed by atoms with van der Waals surface area (Å²) in [6, 6.07) is 22.5. The molecule has 0 aromatic heterocycles. The molecule has 0 bridgehead atoms. The molecule has 1 aliphatic heterocycles. The second-order valence-electron chi connectivity index (χ2n) is 15.1. The van der Waals surface area contributed by atoms with E-state index < -0.39 is 36.2 Å². The molecule has 6 atom stereocenters. The maximum atomic E-state index is 14.2. The summed E-state index contributed by atoms with van der Waals surface area (Å²) in [5.41, 5.74) is 17.9. The highest BCUT2D eigenvalue weighted by Crippen LogP contribution is 2.50. The number of alkyl carbamates (subject to hydrolysis) is 1. The fraction of sp³-hybridized carbons (Fsp3) is 0.488. The van der Waals surface area contributed by atoms with Crippen LogP contribution in [0, 0.1) is 11.8 Å². The number of nitrogens with zero attached hydrogens (tertiary/aromatic N) is 1. The molecule has 3 aromatic carbocycles. The van der Waals surface area contributed by atoms with Gasteiger partial charge in [-0.3, -0.25) is 14.4 Å². The van der Waals surface area contributed by atoms with E-state index in [-0.39, 0.29) is 42.6 Å². The van der Waals surface area contributed by atoms with E-state index in [1.807, 2.05) is 50.2 Å². The molecule has 11 heteroatoms. The minimum Gasteiger partial charge on any atom is -0.449 e. The van der Waals surface area contributed by atoms with E-state index >= 15 is 0 Å². The third-order valence-electron chi connectivity index (χ3n) is 11.3. The molecule has 288 valence electrons. The summed E-state index contributed by atoms with van der Waals surface area (Å²) in [5.74, 6) is -0.854. The van der Waals surface area contributed by atoms with Gasteiger partial charge in [0.05, 0.1) is 18.8 Å². The van der Waals surface area contributed by atoms with E-state index in [9.17, 15) is 19.2 Å². The summed E-state index contributed by atoms with van der Waals surface area (Å²) in [6.45, 7) is 5.48. The summed E-state index contributed by atoms with van der Waals surface area (Å²) < 4.78 is 12.0. The molecular weight excluding hydrogens is 683 g/mol. The first-order chi connectivity index (χ1) is 26.2. The van der Waals surface area contributed by atoms with Crippen molar-refractivity contribution in [2.24, 2.45) is 23.3 Å². The van der Waals surface area contributed by atoms with Gasteiger partial charge in [0.2, 0.25) is 17.7 Å². The number of rotatable bonds is 19. The number of amides is 4. The van der Waals surface area contributed by atoms with Crippen molar-refractivity contribution in [3.63, 3.8) is 0 Å². The quantitative estimate of drug-likeness (QED) is 0.132. The van der Waals surface area contributed by atoms with Crippen molar-refractivity contribution in [3.8, 4) is 11.1 Å². The van der Waals surface area contributed by atoms with Crippen molar-refractivity contribution >= 4 is 23.8 Å². The molecule has 3 aromatic rings. The van der Waals surface area contributed by atoms with Crippen LogP contribution in [0.5, 0.6) is 0 Å². The van der Waals surface area contributed by atoms with Crippen LogP contribution in [0.4, 0.5) is 4.79 Å². The first-order valence-corrected chi connectivity index (χ1v) is 19.6. The maximum Gasteiger partial charge on any atom is 0.407 e. The molecule has 0 spiro atoms. The first kappa shape index (κ1) is 39.0. The van der Waals surface area contributed by atoms with Crippen LogP contribution < -0.4 is 22.1 Å². The van der Waals surface area contributed by atoms with Crippen molar-refractivity contribution in [3.05, 3.63) is 95.1 Å². The molecule has 1 saturated heterocycles. The zero-order chi connectivity index (χ0) is 38.2. The number of hydrogen-bond acceptors (Lipinski definition) is 7. The molecule has 54 heavy (non-hydrogen) atoms. The van der Waals surface area contributed by atoms with Gasteiger partial charge in [0, 0.05) is 18.9 Å². The molecule has 3 aliphatic rings. The van der Waals surface area contributed by atoms with Crippen LogP contribution in [0.15, 0.2) is 72.8 Å². The minimum absolute atomic E-state index is 0.0426. The van der Waals surface area contributed by atoms with Gasteiger partial charge in [-0.15, -0.1) is 0 Å². The molecule has 1 heterocycles. The average Bonchev–Trinajstić information content (AvgIpc) is 3.72. The number of carbonyl (C=O) groups is 4. The van der Waals surface area contributed by atoms with Crippen LogP contribution in [-0.2, 0) is 36.9 Å². The van der Waals surface area contributed by atoms with Crippen LogP contribution in [0.2, 0.25) is 0 Å². The molecule has 6 N–H and O–H groups in total. The molecule has 6 rings (SSSR count). The summed E-state index contributed by atoms with van der Waals surface area (Å²) in [5, 5.41) is 5.99. The van der Waals surface area contributed by atoms with Gasteiger partial charge in [0.1, 0.15) is 18.7 Å². The lowest BCUT2D eigenvalue weighted by atomic mass is 9.98. The van der Waals surface area contributed by atoms with E-state index in [1.54, 1.807) is 4.90 Å². The normalized spacial score (nSPS) is 19.9. The van der Waals surface area contributed by atoms with Gasteiger partial charge in [-0.2, -0.15) is 0 Å². The van der Waals surface area contributed by atoms with Gasteiger partial charge in [-0.05, 0) is 90.8 Å². The zero-order valence-corrected chi connectivity index (χ0v) is 31.5. The molecule has 11 nitrogen and oxygen atoms in total. The second-order valence-corrected chi connectivity index (χ2v) is 15.1. The Labute approximate surface area is 318 Å². The number of benzene rings is 3. The molecule has 2 aliphatic carbocycles. The van der Waals surface area contributed by atoms with Crippen molar-refractivity contribution in [1.29, 1.82) is 0 Å². The Bertz CT molecular complexity index is 1740. The van der Waals surface area contributed by atoms with Gasteiger partial charge in [0.25, 0.3) is 0 Å². The Morgan fingerprint density at radius 3 is 2.20 bits per heavy atom. The zero-order valence-electron chi connectivity index (χ0n) is 31.5.